The molecule has 3 fully saturated rings. The summed E-state index contributed by atoms with van der Waals surface area (Å²) in [6, 6.07) is 6.82. The van der Waals surface area contributed by atoms with Gasteiger partial charge in [0.1, 0.15) is 17.4 Å². The monoisotopic (exact) mass is 506 g/mol. The molecule has 0 unspecified atom stereocenters. The Balaban J connectivity index is 1.27. The number of methoxy groups -OCH3 is 1. The Morgan fingerprint density at radius 3 is 2.68 bits per heavy atom. The Morgan fingerprint density at radius 2 is 2.00 bits per heavy atom. The van der Waals surface area contributed by atoms with Crippen LogP contribution < -0.4 is 19.7 Å². The molecule has 1 aromatic carbocycles. The zero-order valence-electron chi connectivity index (χ0n) is 21.6. The number of rotatable bonds is 7. The molecule has 0 bridgehead atoms. The minimum Gasteiger partial charge on any atom is -0.495 e. The molecule has 37 heavy (non-hydrogen) atoms. The standard InChI is InChI=1S/C27H34N6O4/c1-17-12-29-33-14-22(30-27(26(17)33)37-18(2)20-11-25(34)28-13-20)19-4-5-23(24(10-19)35-3)32-8-6-31(7-9-32)21-15-36-16-21/h4-5,10,12,14,18,20-21H,6-9,11,13,15-16H2,1-3H3,(H,28,34)/t18-,20-/m1/s1. The van der Waals surface area contributed by atoms with Crippen molar-refractivity contribution >= 4 is 17.1 Å². The summed E-state index contributed by atoms with van der Waals surface area (Å²) in [5, 5.41) is 7.42. The lowest BCUT2D eigenvalue weighted by molar-refractivity contribution is -0.119. The summed E-state index contributed by atoms with van der Waals surface area (Å²) in [6.07, 6.45) is 4.05. The summed E-state index contributed by atoms with van der Waals surface area (Å²) >= 11 is 0. The number of hydrogen-bond donors (Lipinski definition) is 1. The molecular formula is C27H34N6O4. The molecule has 3 saturated heterocycles. The third-order valence-corrected chi connectivity index (χ3v) is 7.89. The molecule has 3 aromatic rings. The molecule has 0 radical (unpaired) electrons. The molecule has 3 aliphatic heterocycles. The summed E-state index contributed by atoms with van der Waals surface area (Å²) in [5.41, 5.74) is 4.60. The summed E-state index contributed by atoms with van der Waals surface area (Å²) in [4.78, 5) is 21.5. The van der Waals surface area contributed by atoms with Crippen LogP contribution in [0.5, 0.6) is 11.6 Å². The topological polar surface area (TPSA) is 93.5 Å². The number of nitrogens with one attached hydrogen (secondary N) is 1. The van der Waals surface area contributed by atoms with Gasteiger partial charge in [0, 0.05) is 56.2 Å². The maximum Gasteiger partial charge on any atom is 0.241 e. The maximum absolute atomic E-state index is 11.7. The van der Waals surface area contributed by atoms with Crippen LogP contribution in [-0.4, -0.2) is 90.6 Å². The Labute approximate surface area is 216 Å². The van der Waals surface area contributed by atoms with Crippen molar-refractivity contribution in [2.24, 2.45) is 5.92 Å². The van der Waals surface area contributed by atoms with Gasteiger partial charge in [0.25, 0.3) is 0 Å². The first kappa shape index (κ1) is 24.0. The highest BCUT2D eigenvalue weighted by molar-refractivity contribution is 5.78. The van der Waals surface area contributed by atoms with Crippen molar-refractivity contribution in [3.63, 3.8) is 0 Å². The molecule has 1 amide bonds. The summed E-state index contributed by atoms with van der Waals surface area (Å²) in [5.74, 6) is 1.53. The zero-order chi connectivity index (χ0) is 25.5. The van der Waals surface area contributed by atoms with Crippen LogP contribution in [0.2, 0.25) is 0 Å². The number of hydrogen-bond acceptors (Lipinski definition) is 8. The molecule has 0 spiro atoms. The predicted octanol–water partition coefficient (Wildman–Crippen LogP) is 2.14. The summed E-state index contributed by atoms with van der Waals surface area (Å²) < 4.78 is 19.4. The number of carbonyl (C=O) groups excluding carboxylic acids is 1. The quantitative estimate of drug-likeness (QED) is 0.521. The van der Waals surface area contributed by atoms with Gasteiger partial charge in [-0.25, -0.2) is 9.50 Å². The molecule has 6 rings (SSSR count). The zero-order valence-corrected chi connectivity index (χ0v) is 21.6. The lowest BCUT2D eigenvalue weighted by Gasteiger charge is -2.43. The van der Waals surface area contributed by atoms with Gasteiger partial charge in [-0.15, -0.1) is 0 Å². The fraction of sp³-hybridized carbons (Fsp3) is 0.519. The van der Waals surface area contributed by atoms with Crippen LogP contribution in [0.25, 0.3) is 16.8 Å². The molecule has 196 valence electrons. The Bertz CT molecular complexity index is 1300. The Kier molecular flexibility index (Phi) is 6.37. The van der Waals surface area contributed by atoms with Gasteiger partial charge >= 0.3 is 0 Å². The molecule has 10 heteroatoms. The van der Waals surface area contributed by atoms with E-state index in [4.69, 9.17) is 19.2 Å². The highest BCUT2D eigenvalue weighted by Crippen LogP contribution is 2.35. The fourth-order valence-electron chi connectivity index (χ4n) is 5.43. The Morgan fingerprint density at radius 1 is 1.19 bits per heavy atom. The molecule has 5 heterocycles. The van der Waals surface area contributed by atoms with E-state index >= 15 is 0 Å². The van der Waals surface area contributed by atoms with Gasteiger partial charge < -0.3 is 24.4 Å². The third kappa shape index (κ3) is 4.59. The van der Waals surface area contributed by atoms with Gasteiger partial charge in [-0.3, -0.25) is 9.69 Å². The molecule has 2 atom stereocenters. The van der Waals surface area contributed by atoms with Gasteiger partial charge in [-0.05, 0) is 26.0 Å². The molecule has 2 aromatic heterocycles. The lowest BCUT2D eigenvalue weighted by atomic mass is 10.0. The molecular weight excluding hydrogens is 472 g/mol. The van der Waals surface area contributed by atoms with Crippen molar-refractivity contribution in [2.75, 3.05) is 57.9 Å². The smallest absolute Gasteiger partial charge is 0.241 e. The van der Waals surface area contributed by atoms with Crippen molar-refractivity contribution in [3.05, 3.63) is 36.2 Å². The third-order valence-electron chi connectivity index (χ3n) is 7.89. The number of ether oxygens (including phenoxy) is 3. The van der Waals surface area contributed by atoms with E-state index in [1.807, 2.05) is 36.8 Å². The highest BCUT2D eigenvalue weighted by atomic mass is 16.5. The number of fused-ring (bicyclic) bond motifs is 1. The largest absolute Gasteiger partial charge is 0.495 e. The first-order valence-electron chi connectivity index (χ1n) is 13.0. The minimum absolute atomic E-state index is 0.0680. The minimum atomic E-state index is -0.165. The van der Waals surface area contributed by atoms with Crippen molar-refractivity contribution in [3.8, 4) is 22.9 Å². The predicted molar refractivity (Wildman–Crippen MR) is 139 cm³/mol. The maximum atomic E-state index is 11.7. The van der Waals surface area contributed by atoms with Crippen molar-refractivity contribution in [1.82, 2.24) is 24.8 Å². The van der Waals surface area contributed by atoms with E-state index in [0.29, 0.717) is 24.9 Å². The number of anilines is 1. The molecule has 1 N–H and O–H groups in total. The number of nitrogens with zero attached hydrogens (tertiary/aromatic N) is 5. The lowest BCUT2D eigenvalue weighted by Crippen LogP contribution is -2.56. The van der Waals surface area contributed by atoms with Gasteiger partial charge in [0.2, 0.25) is 11.8 Å². The average Bonchev–Trinajstić information content (AvgIpc) is 3.49. The normalized spacial score (nSPS) is 21.6. The number of amides is 1. The average molecular weight is 507 g/mol. The SMILES string of the molecule is COc1cc(-c2cn3ncc(C)c3c(O[C@H](C)[C@H]3CNC(=O)C3)n2)ccc1N1CCN(C2COC2)CC1. The molecule has 0 aliphatic carbocycles. The number of aryl methyl sites for hydroxylation is 1. The van der Waals surface area contributed by atoms with E-state index in [1.165, 1.54) is 0 Å². The van der Waals surface area contributed by atoms with Crippen LogP contribution in [0.1, 0.15) is 18.9 Å². The second kappa shape index (κ2) is 9.83. The van der Waals surface area contributed by atoms with E-state index < -0.39 is 0 Å². The number of benzene rings is 1. The van der Waals surface area contributed by atoms with E-state index in [2.05, 4.69) is 32.3 Å². The Hall–Kier alpha value is -3.37. The van der Waals surface area contributed by atoms with Crippen molar-refractivity contribution in [1.29, 1.82) is 0 Å². The van der Waals surface area contributed by atoms with E-state index in [9.17, 15) is 4.79 Å². The van der Waals surface area contributed by atoms with E-state index in [0.717, 1.165) is 73.2 Å². The number of piperazine rings is 1. The van der Waals surface area contributed by atoms with E-state index in [-0.39, 0.29) is 17.9 Å². The number of aromatic nitrogens is 3. The van der Waals surface area contributed by atoms with Crippen LogP contribution in [0, 0.1) is 12.8 Å². The highest BCUT2D eigenvalue weighted by Gasteiger charge is 2.31. The first-order chi connectivity index (χ1) is 18.0. The van der Waals surface area contributed by atoms with Crippen LogP contribution in [-0.2, 0) is 9.53 Å². The second-order valence-corrected chi connectivity index (χ2v) is 10.2. The van der Waals surface area contributed by atoms with Crippen molar-refractivity contribution in [2.45, 2.75) is 32.4 Å². The summed E-state index contributed by atoms with van der Waals surface area (Å²) in [6.45, 7) is 10.3. The molecule has 3 aliphatic rings. The molecule has 10 nitrogen and oxygen atoms in total. The van der Waals surface area contributed by atoms with Crippen molar-refractivity contribution < 1.29 is 19.0 Å². The van der Waals surface area contributed by atoms with E-state index in [1.54, 1.807) is 7.11 Å². The molecule has 0 saturated carbocycles. The fourth-order valence-corrected chi connectivity index (χ4v) is 5.43. The van der Waals surface area contributed by atoms with Gasteiger partial charge in [-0.1, -0.05) is 6.07 Å². The number of carbonyl (C=O) groups is 1. The van der Waals surface area contributed by atoms with Gasteiger partial charge in [0.15, 0.2) is 0 Å². The van der Waals surface area contributed by atoms with Gasteiger partial charge in [-0.2, -0.15) is 5.10 Å². The first-order valence-corrected chi connectivity index (χ1v) is 13.0. The van der Waals surface area contributed by atoms with Crippen LogP contribution in [0.15, 0.2) is 30.6 Å². The van der Waals surface area contributed by atoms with Crippen LogP contribution in [0.3, 0.4) is 0 Å². The summed E-state index contributed by atoms with van der Waals surface area (Å²) in [7, 11) is 1.71. The van der Waals surface area contributed by atoms with Crippen LogP contribution >= 0.6 is 0 Å². The second-order valence-electron chi connectivity index (χ2n) is 10.2. The van der Waals surface area contributed by atoms with Gasteiger partial charge in [0.05, 0.1) is 50.1 Å². The van der Waals surface area contributed by atoms with Crippen LogP contribution in [0.4, 0.5) is 5.69 Å².